The van der Waals surface area contributed by atoms with Crippen molar-refractivity contribution in [1.82, 2.24) is 0 Å². The van der Waals surface area contributed by atoms with Crippen LogP contribution in [0.25, 0.3) is 10.8 Å². The summed E-state index contributed by atoms with van der Waals surface area (Å²) in [6.45, 7) is 1.36. The van der Waals surface area contributed by atoms with Gasteiger partial charge < -0.3 is 14.6 Å². The Morgan fingerprint density at radius 3 is 2.36 bits per heavy atom. The third kappa shape index (κ3) is 3.92. The lowest BCUT2D eigenvalue weighted by Gasteiger charge is -2.13. The molecule has 2 N–H and O–H groups in total. The molecule has 28 heavy (non-hydrogen) atoms. The highest BCUT2D eigenvalue weighted by Gasteiger charge is 2.23. The average Bonchev–Trinajstić information content (AvgIpc) is 2.63. The van der Waals surface area contributed by atoms with Crippen molar-refractivity contribution in [3.63, 3.8) is 0 Å². The second-order valence-corrected chi connectivity index (χ2v) is 7.75. The van der Waals surface area contributed by atoms with Crippen LogP contribution in [-0.4, -0.2) is 25.4 Å². The lowest BCUT2D eigenvalue weighted by Crippen LogP contribution is -2.12. The molecule has 3 rings (SSSR count). The van der Waals surface area contributed by atoms with E-state index < -0.39 is 21.0 Å². The van der Waals surface area contributed by atoms with Crippen LogP contribution in [-0.2, 0) is 14.9 Å². The molecule has 9 heteroatoms. The van der Waals surface area contributed by atoms with Crippen molar-refractivity contribution in [3.05, 3.63) is 65.2 Å². The van der Waals surface area contributed by atoms with Gasteiger partial charge in [-0.3, -0.25) is 4.79 Å². The van der Waals surface area contributed by atoms with E-state index in [1.807, 2.05) is 0 Å². The van der Waals surface area contributed by atoms with Crippen LogP contribution in [0.2, 0.25) is 5.02 Å². The number of carbonyl (C=O) groups excluding carboxylic acids is 1. The number of fused-ring (bicyclic) bond motifs is 1. The van der Waals surface area contributed by atoms with E-state index in [-0.39, 0.29) is 22.2 Å². The number of hydrogen-bond donors (Lipinski definition) is 2. The zero-order valence-electron chi connectivity index (χ0n) is 14.5. The molecule has 0 spiro atoms. The number of aromatic carboxylic acids is 1. The van der Waals surface area contributed by atoms with Crippen molar-refractivity contribution in [2.45, 2.75) is 11.8 Å². The van der Waals surface area contributed by atoms with Crippen LogP contribution in [0.3, 0.4) is 0 Å². The lowest BCUT2D eigenvalue weighted by atomic mass is 10.1. The van der Waals surface area contributed by atoms with Gasteiger partial charge in [0.2, 0.25) is 5.91 Å². The van der Waals surface area contributed by atoms with Crippen LogP contribution in [0.1, 0.15) is 17.3 Å². The third-order valence-corrected chi connectivity index (χ3v) is 5.56. The summed E-state index contributed by atoms with van der Waals surface area (Å²) >= 11 is 5.95. The van der Waals surface area contributed by atoms with E-state index in [1.54, 1.807) is 24.3 Å². The van der Waals surface area contributed by atoms with Crippen molar-refractivity contribution >= 4 is 50.1 Å². The minimum Gasteiger partial charge on any atom is -0.478 e. The first-order valence-electron chi connectivity index (χ1n) is 7.96. The first kappa shape index (κ1) is 19.7. The topological polar surface area (TPSA) is 110 Å². The number of carboxylic acid groups (broad SMARTS) is 1. The summed E-state index contributed by atoms with van der Waals surface area (Å²) in [6, 6.07) is 13.0. The molecule has 0 bridgehead atoms. The fourth-order valence-corrected chi connectivity index (χ4v) is 4.08. The van der Waals surface area contributed by atoms with Gasteiger partial charge in [-0.2, -0.15) is 8.42 Å². The largest absolute Gasteiger partial charge is 0.478 e. The average molecular weight is 420 g/mol. The third-order valence-electron chi connectivity index (χ3n) is 3.84. The molecule has 0 radical (unpaired) electrons. The molecule has 144 valence electrons. The summed E-state index contributed by atoms with van der Waals surface area (Å²) in [4.78, 5) is 22.1. The number of rotatable bonds is 5. The number of carbonyl (C=O) groups is 2. The van der Waals surface area contributed by atoms with Crippen LogP contribution in [0.15, 0.2) is 59.5 Å². The van der Waals surface area contributed by atoms with Gasteiger partial charge in [0, 0.05) is 23.4 Å². The Morgan fingerprint density at radius 1 is 1.04 bits per heavy atom. The van der Waals surface area contributed by atoms with Crippen LogP contribution in [0.4, 0.5) is 5.69 Å². The fourth-order valence-electron chi connectivity index (χ4n) is 2.63. The van der Waals surface area contributed by atoms with E-state index in [0.29, 0.717) is 16.5 Å². The molecule has 0 unspecified atom stereocenters. The van der Waals surface area contributed by atoms with E-state index >= 15 is 0 Å². The van der Waals surface area contributed by atoms with Gasteiger partial charge in [-0.1, -0.05) is 35.9 Å². The minimum atomic E-state index is -4.41. The Hall–Kier alpha value is -3.10. The molecule has 0 saturated carbocycles. The first-order chi connectivity index (χ1) is 13.2. The van der Waals surface area contributed by atoms with Crippen molar-refractivity contribution in [2.24, 2.45) is 0 Å². The normalized spacial score (nSPS) is 11.2. The van der Waals surface area contributed by atoms with E-state index in [9.17, 15) is 18.0 Å². The van der Waals surface area contributed by atoms with Crippen molar-refractivity contribution in [3.8, 4) is 5.75 Å². The number of carboxylic acids is 1. The molecule has 1 amide bonds. The predicted molar refractivity (Wildman–Crippen MR) is 104 cm³/mol. The number of halogens is 1. The van der Waals surface area contributed by atoms with Crippen molar-refractivity contribution < 1.29 is 27.3 Å². The molecule has 0 saturated heterocycles. The molecular formula is C19H14ClNO6S. The Bertz CT molecular complexity index is 1210. The van der Waals surface area contributed by atoms with E-state index in [2.05, 4.69) is 5.32 Å². The highest BCUT2D eigenvalue weighted by atomic mass is 35.5. The van der Waals surface area contributed by atoms with Crippen LogP contribution >= 0.6 is 11.6 Å². The molecule has 0 aliphatic rings. The Kier molecular flexibility index (Phi) is 5.26. The van der Waals surface area contributed by atoms with Crippen LogP contribution < -0.4 is 9.50 Å². The summed E-state index contributed by atoms with van der Waals surface area (Å²) in [6.07, 6.45) is 0. The maximum Gasteiger partial charge on any atom is 0.340 e. The van der Waals surface area contributed by atoms with Gasteiger partial charge in [0.1, 0.15) is 4.90 Å². The molecule has 0 aliphatic carbocycles. The summed E-state index contributed by atoms with van der Waals surface area (Å²) in [5.74, 6) is -1.55. The SMILES string of the molecule is CC(=O)Nc1ccc(OS(=O)(=O)c2cc(C(=O)O)ccc2Cl)c2ccccc12. The zero-order valence-corrected chi connectivity index (χ0v) is 16.0. The van der Waals surface area contributed by atoms with Gasteiger partial charge in [0.25, 0.3) is 0 Å². The van der Waals surface area contributed by atoms with Gasteiger partial charge >= 0.3 is 16.1 Å². The number of anilines is 1. The quantitative estimate of drug-likeness (QED) is 0.606. The van der Waals surface area contributed by atoms with Crippen molar-refractivity contribution in [2.75, 3.05) is 5.32 Å². The molecule has 0 atom stereocenters. The first-order valence-corrected chi connectivity index (χ1v) is 9.74. The second-order valence-electron chi connectivity index (χ2n) is 5.83. The smallest absolute Gasteiger partial charge is 0.340 e. The van der Waals surface area contributed by atoms with Gasteiger partial charge in [-0.25, -0.2) is 4.79 Å². The second kappa shape index (κ2) is 7.49. The van der Waals surface area contributed by atoms with E-state index in [1.165, 1.54) is 31.2 Å². The van der Waals surface area contributed by atoms with Gasteiger partial charge in [-0.05, 0) is 30.3 Å². The molecular weight excluding hydrogens is 406 g/mol. The summed E-state index contributed by atoms with van der Waals surface area (Å²) in [5, 5.41) is 12.6. The lowest BCUT2D eigenvalue weighted by molar-refractivity contribution is -0.114. The van der Waals surface area contributed by atoms with Gasteiger partial charge in [0.15, 0.2) is 5.75 Å². The molecule has 0 aliphatic heterocycles. The molecule has 0 fully saturated rings. The number of nitrogens with one attached hydrogen (secondary N) is 1. The van der Waals surface area contributed by atoms with Crippen molar-refractivity contribution in [1.29, 1.82) is 0 Å². The summed E-state index contributed by atoms with van der Waals surface area (Å²) in [5.41, 5.74) is 0.260. The van der Waals surface area contributed by atoms with Gasteiger partial charge in [-0.15, -0.1) is 0 Å². The molecule has 3 aromatic carbocycles. The monoisotopic (exact) mass is 419 g/mol. The highest BCUT2D eigenvalue weighted by molar-refractivity contribution is 7.87. The molecule has 0 aromatic heterocycles. The van der Waals surface area contributed by atoms with Gasteiger partial charge in [0.05, 0.1) is 10.6 Å². The minimum absolute atomic E-state index is 0.0153. The zero-order chi connectivity index (χ0) is 20.5. The Morgan fingerprint density at radius 2 is 1.71 bits per heavy atom. The number of benzene rings is 3. The fraction of sp³-hybridized carbons (Fsp3) is 0.0526. The summed E-state index contributed by atoms with van der Waals surface area (Å²) < 4.78 is 30.7. The Balaban J connectivity index is 2.09. The number of hydrogen-bond acceptors (Lipinski definition) is 5. The molecule has 3 aromatic rings. The maximum absolute atomic E-state index is 12.7. The number of amides is 1. The van der Waals surface area contributed by atoms with Crippen LogP contribution in [0, 0.1) is 0 Å². The highest BCUT2D eigenvalue weighted by Crippen LogP contribution is 2.34. The molecule has 7 nitrogen and oxygen atoms in total. The van der Waals surface area contributed by atoms with E-state index in [0.717, 1.165) is 6.07 Å². The maximum atomic E-state index is 12.7. The predicted octanol–water partition coefficient (Wildman–Crippen LogP) is 3.92. The van der Waals surface area contributed by atoms with Crippen LogP contribution in [0.5, 0.6) is 5.75 Å². The molecule has 0 heterocycles. The van der Waals surface area contributed by atoms with E-state index in [4.69, 9.17) is 20.9 Å². The summed E-state index contributed by atoms with van der Waals surface area (Å²) in [7, 11) is -4.41. The standard InChI is InChI=1S/C19H14ClNO6S/c1-11(22)21-16-8-9-17(14-5-3-2-4-13(14)16)27-28(25,26)18-10-12(19(23)24)6-7-15(18)20/h2-10H,1H3,(H,21,22)(H,23,24). The Labute approximate surface area is 165 Å².